The maximum Gasteiger partial charge on any atom is 0.573 e. The molecule has 1 unspecified atom stereocenters. The molecule has 1 atom stereocenters. The normalized spacial score (nSPS) is 14.8. The third kappa shape index (κ3) is 6.46. The summed E-state index contributed by atoms with van der Waals surface area (Å²) < 4.78 is 66.3. The zero-order valence-electron chi connectivity index (χ0n) is 14.6. The van der Waals surface area contributed by atoms with Crippen LogP contribution in [0.15, 0.2) is 29.2 Å². The van der Waals surface area contributed by atoms with E-state index >= 15 is 0 Å². The van der Waals surface area contributed by atoms with Crippen LogP contribution >= 0.6 is 0 Å². The van der Waals surface area contributed by atoms with Crippen molar-refractivity contribution < 1.29 is 31.1 Å². The van der Waals surface area contributed by atoms with Crippen LogP contribution in [0.4, 0.5) is 13.2 Å². The first kappa shape index (κ1) is 22.2. The Hall–Kier alpha value is -1.85. The van der Waals surface area contributed by atoms with Gasteiger partial charge in [-0.2, -0.15) is 0 Å². The molecule has 0 aliphatic carbocycles. The topological polar surface area (TPSA) is 111 Å². The molecule has 148 valence electrons. The molecular formula is C15H22F3N3O4S. The van der Waals surface area contributed by atoms with Gasteiger partial charge in [-0.1, -0.05) is 13.8 Å². The van der Waals surface area contributed by atoms with Gasteiger partial charge in [0, 0.05) is 6.54 Å². The van der Waals surface area contributed by atoms with E-state index in [-0.39, 0.29) is 17.4 Å². The molecule has 1 amide bonds. The predicted molar refractivity (Wildman–Crippen MR) is 88.8 cm³/mol. The number of benzene rings is 1. The Kier molecular flexibility index (Phi) is 7.02. The van der Waals surface area contributed by atoms with Gasteiger partial charge in [0.25, 0.3) is 0 Å². The highest BCUT2D eigenvalue weighted by atomic mass is 32.2. The van der Waals surface area contributed by atoms with E-state index in [1.54, 1.807) is 6.92 Å². The van der Waals surface area contributed by atoms with Gasteiger partial charge in [-0.15, -0.1) is 13.2 Å². The molecule has 0 heterocycles. The molecule has 0 bridgehead atoms. The summed E-state index contributed by atoms with van der Waals surface area (Å²) in [5.74, 6) is -1.11. The molecule has 11 heteroatoms. The molecule has 0 fully saturated rings. The molecule has 4 N–H and O–H groups in total. The highest BCUT2D eigenvalue weighted by Crippen LogP contribution is 2.23. The van der Waals surface area contributed by atoms with E-state index in [9.17, 15) is 26.4 Å². The molecule has 0 aromatic heterocycles. The number of nitrogens with two attached hydrogens (primary N) is 1. The lowest BCUT2D eigenvalue weighted by molar-refractivity contribution is -0.274. The van der Waals surface area contributed by atoms with Crippen molar-refractivity contribution in [2.75, 3.05) is 13.1 Å². The Morgan fingerprint density at radius 3 is 2.19 bits per heavy atom. The van der Waals surface area contributed by atoms with Crippen LogP contribution < -0.4 is 20.5 Å². The molecule has 1 rings (SSSR count). The molecule has 1 aromatic rings. The molecule has 0 radical (unpaired) electrons. The zero-order valence-corrected chi connectivity index (χ0v) is 15.4. The largest absolute Gasteiger partial charge is 0.573 e. The van der Waals surface area contributed by atoms with Crippen LogP contribution in [0.5, 0.6) is 5.75 Å². The standard InChI is InChI=1S/C15H22F3N3O4S/c1-10(2)14(3,9-19)21-13(22)8-20-26(23,24)12-6-4-11(5-7-12)25-15(16,17)18/h4-7,10,20H,8-9,19H2,1-3H3,(H,21,22). The maximum atomic E-state index is 12.1. The van der Waals surface area contributed by atoms with E-state index in [0.717, 1.165) is 24.3 Å². The van der Waals surface area contributed by atoms with Crippen molar-refractivity contribution in [3.05, 3.63) is 24.3 Å². The van der Waals surface area contributed by atoms with Crippen LogP contribution in [0.2, 0.25) is 0 Å². The van der Waals surface area contributed by atoms with Gasteiger partial charge in [0.05, 0.1) is 17.0 Å². The van der Waals surface area contributed by atoms with Crippen molar-refractivity contribution in [2.45, 2.75) is 37.6 Å². The minimum Gasteiger partial charge on any atom is -0.406 e. The van der Waals surface area contributed by atoms with Gasteiger partial charge in [0.15, 0.2) is 0 Å². The molecule has 0 saturated heterocycles. The fourth-order valence-electron chi connectivity index (χ4n) is 1.86. The van der Waals surface area contributed by atoms with Gasteiger partial charge in [-0.05, 0) is 37.1 Å². The number of halogens is 3. The SMILES string of the molecule is CC(C)C(C)(CN)NC(=O)CNS(=O)(=O)c1ccc(OC(F)(F)F)cc1. The number of ether oxygens (including phenoxy) is 1. The summed E-state index contributed by atoms with van der Waals surface area (Å²) in [6, 6.07) is 3.62. The average molecular weight is 397 g/mol. The Bertz CT molecular complexity index is 721. The molecule has 0 saturated carbocycles. The molecule has 0 spiro atoms. The van der Waals surface area contributed by atoms with Crippen LogP contribution in [0.25, 0.3) is 0 Å². The van der Waals surface area contributed by atoms with E-state index in [1.807, 2.05) is 13.8 Å². The molecular weight excluding hydrogens is 375 g/mol. The predicted octanol–water partition coefficient (Wildman–Crippen LogP) is 1.35. The second kappa shape index (κ2) is 8.23. The van der Waals surface area contributed by atoms with E-state index in [4.69, 9.17) is 5.73 Å². The van der Waals surface area contributed by atoms with Crippen molar-refractivity contribution in [1.82, 2.24) is 10.0 Å². The van der Waals surface area contributed by atoms with Crippen LogP contribution in [0, 0.1) is 5.92 Å². The second-order valence-electron chi connectivity index (χ2n) is 6.17. The van der Waals surface area contributed by atoms with Gasteiger partial charge >= 0.3 is 6.36 Å². The fourth-order valence-corrected chi connectivity index (χ4v) is 2.84. The summed E-state index contributed by atoms with van der Waals surface area (Å²) in [5, 5.41) is 2.67. The Labute approximate surface area is 150 Å². The number of carbonyl (C=O) groups is 1. The average Bonchev–Trinajstić information content (AvgIpc) is 2.51. The van der Waals surface area contributed by atoms with Crippen LogP contribution in [-0.2, 0) is 14.8 Å². The summed E-state index contributed by atoms with van der Waals surface area (Å²) in [6.45, 7) is 5.10. The third-order valence-electron chi connectivity index (χ3n) is 3.91. The van der Waals surface area contributed by atoms with E-state index in [2.05, 4.69) is 14.8 Å². The lowest BCUT2D eigenvalue weighted by Gasteiger charge is -2.33. The smallest absolute Gasteiger partial charge is 0.406 e. The summed E-state index contributed by atoms with van der Waals surface area (Å²) in [6.07, 6.45) is -4.87. The van der Waals surface area contributed by atoms with E-state index < -0.39 is 40.1 Å². The number of sulfonamides is 1. The summed E-state index contributed by atoms with van der Waals surface area (Å²) in [5.41, 5.74) is 4.95. The highest BCUT2D eigenvalue weighted by molar-refractivity contribution is 7.89. The summed E-state index contributed by atoms with van der Waals surface area (Å²) >= 11 is 0. The number of carbonyl (C=O) groups excluding carboxylic acids is 1. The lowest BCUT2D eigenvalue weighted by atomic mass is 9.88. The number of hydrogen-bond donors (Lipinski definition) is 3. The number of amides is 1. The van der Waals surface area contributed by atoms with E-state index in [1.165, 1.54) is 0 Å². The van der Waals surface area contributed by atoms with Crippen molar-refractivity contribution in [2.24, 2.45) is 11.7 Å². The Morgan fingerprint density at radius 2 is 1.77 bits per heavy atom. The van der Waals surface area contributed by atoms with Gasteiger partial charge in [-0.3, -0.25) is 4.79 Å². The van der Waals surface area contributed by atoms with Crippen LogP contribution in [-0.4, -0.2) is 39.3 Å². The monoisotopic (exact) mass is 397 g/mol. The zero-order chi connectivity index (χ0) is 20.2. The molecule has 26 heavy (non-hydrogen) atoms. The van der Waals surface area contributed by atoms with Crippen molar-refractivity contribution in [1.29, 1.82) is 0 Å². The van der Waals surface area contributed by atoms with Crippen molar-refractivity contribution >= 4 is 15.9 Å². The van der Waals surface area contributed by atoms with Crippen LogP contribution in [0.3, 0.4) is 0 Å². The van der Waals surface area contributed by atoms with Crippen molar-refractivity contribution in [3.63, 3.8) is 0 Å². The molecule has 0 aliphatic heterocycles. The second-order valence-corrected chi connectivity index (χ2v) is 7.94. The number of rotatable bonds is 8. The molecule has 1 aromatic carbocycles. The van der Waals surface area contributed by atoms with Gasteiger partial charge in [0.1, 0.15) is 5.75 Å². The minimum atomic E-state index is -4.87. The molecule has 7 nitrogen and oxygen atoms in total. The number of hydrogen-bond acceptors (Lipinski definition) is 5. The highest BCUT2D eigenvalue weighted by Gasteiger charge is 2.31. The van der Waals surface area contributed by atoms with Crippen LogP contribution in [0.1, 0.15) is 20.8 Å². The molecule has 0 aliphatic rings. The van der Waals surface area contributed by atoms with Gasteiger partial charge in [0.2, 0.25) is 15.9 Å². The first-order chi connectivity index (χ1) is 11.8. The first-order valence-electron chi connectivity index (χ1n) is 7.65. The Balaban J connectivity index is 2.73. The fraction of sp³-hybridized carbons (Fsp3) is 0.533. The van der Waals surface area contributed by atoms with Gasteiger partial charge in [-0.25, -0.2) is 13.1 Å². The first-order valence-corrected chi connectivity index (χ1v) is 9.14. The summed E-state index contributed by atoms with van der Waals surface area (Å²) in [4.78, 5) is 11.7. The number of alkyl halides is 3. The number of nitrogens with one attached hydrogen (secondary N) is 2. The van der Waals surface area contributed by atoms with Gasteiger partial charge < -0.3 is 15.8 Å². The Morgan fingerprint density at radius 1 is 1.23 bits per heavy atom. The quantitative estimate of drug-likeness (QED) is 0.613. The van der Waals surface area contributed by atoms with Crippen molar-refractivity contribution in [3.8, 4) is 5.75 Å². The van der Waals surface area contributed by atoms with E-state index in [0.29, 0.717) is 0 Å². The lowest BCUT2D eigenvalue weighted by Crippen LogP contribution is -2.56. The minimum absolute atomic E-state index is 0.0224. The third-order valence-corrected chi connectivity index (χ3v) is 5.33. The summed E-state index contributed by atoms with van der Waals surface area (Å²) in [7, 11) is -4.08. The maximum absolute atomic E-state index is 12.1.